The molecule has 1 heterocycles. The molecule has 7 heteroatoms. The Kier molecular flexibility index (Phi) is 5.42. The van der Waals surface area contributed by atoms with Crippen molar-refractivity contribution >= 4 is 6.09 Å². The van der Waals surface area contributed by atoms with E-state index >= 15 is 0 Å². The number of amides is 1. The Morgan fingerprint density at radius 2 is 2.04 bits per heavy atom. The third-order valence-electron chi connectivity index (χ3n) is 4.29. The van der Waals surface area contributed by atoms with Crippen LogP contribution in [0.3, 0.4) is 0 Å². The van der Waals surface area contributed by atoms with Gasteiger partial charge in [-0.25, -0.2) is 4.79 Å². The van der Waals surface area contributed by atoms with Gasteiger partial charge in [-0.3, -0.25) is 14.6 Å². The van der Waals surface area contributed by atoms with Gasteiger partial charge in [0.15, 0.2) is 0 Å². The highest BCUT2D eigenvalue weighted by Crippen LogP contribution is 2.32. The maximum absolute atomic E-state index is 12.0. The number of H-pyrrole nitrogens is 1. The van der Waals surface area contributed by atoms with Crippen LogP contribution in [0.1, 0.15) is 58.6 Å². The van der Waals surface area contributed by atoms with Gasteiger partial charge < -0.3 is 14.7 Å². The Balaban J connectivity index is 1.93. The Labute approximate surface area is 142 Å². The van der Waals surface area contributed by atoms with Gasteiger partial charge in [-0.05, 0) is 40.0 Å². The summed E-state index contributed by atoms with van der Waals surface area (Å²) in [4.78, 5) is 25.4. The molecule has 0 spiro atoms. The van der Waals surface area contributed by atoms with E-state index in [1.807, 2.05) is 20.8 Å². The molecule has 0 bridgehead atoms. The average molecular weight is 339 g/mol. The molecule has 2 rings (SSSR count). The van der Waals surface area contributed by atoms with Crippen molar-refractivity contribution in [3.63, 3.8) is 0 Å². The molecule has 0 aromatic carbocycles. The fraction of sp³-hybridized carbons (Fsp3) is 0.765. The predicted octanol–water partition coefficient (Wildman–Crippen LogP) is 2.24. The first-order valence-electron chi connectivity index (χ1n) is 8.53. The number of ether oxygens (including phenoxy) is 1. The Morgan fingerprint density at radius 3 is 2.62 bits per heavy atom. The second kappa shape index (κ2) is 7.01. The Bertz CT molecular complexity index is 621. The van der Waals surface area contributed by atoms with Crippen molar-refractivity contribution in [1.29, 1.82) is 0 Å². The summed E-state index contributed by atoms with van der Waals surface area (Å²) >= 11 is 0. The maximum atomic E-state index is 12.0. The molecule has 1 fully saturated rings. The Hall–Kier alpha value is -1.76. The zero-order valence-electron chi connectivity index (χ0n) is 15.1. The fourth-order valence-corrected chi connectivity index (χ4v) is 3.00. The number of hydrogen-bond acceptors (Lipinski definition) is 4. The third kappa shape index (κ3) is 5.12. The summed E-state index contributed by atoms with van der Waals surface area (Å²) < 4.78 is 6.79. The lowest BCUT2D eigenvalue weighted by Crippen LogP contribution is -2.34. The number of nitrogens with one attached hydrogen (secondary N) is 1. The van der Waals surface area contributed by atoms with Crippen LogP contribution >= 0.6 is 0 Å². The van der Waals surface area contributed by atoms with Crippen molar-refractivity contribution in [2.45, 2.75) is 77.2 Å². The van der Waals surface area contributed by atoms with Crippen LogP contribution in [0.2, 0.25) is 0 Å². The van der Waals surface area contributed by atoms with Gasteiger partial charge in [0.2, 0.25) is 0 Å². The van der Waals surface area contributed by atoms with Gasteiger partial charge in [0, 0.05) is 19.7 Å². The average Bonchev–Trinajstić information content (AvgIpc) is 3.02. The number of aromatic nitrogens is 2. The zero-order valence-corrected chi connectivity index (χ0v) is 15.1. The first-order chi connectivity index (χ1) is 11.1. The number of aliphatic hydroxyl groups is 1. The summed E-state index contributed by atoms with van der Waals surface area (Å²) in [5.41, 5.74) is -0.699. The minimum atomic E-state index is -0.641. The van der Waals surface area contributed by atoms with E-state index in [1.165, 1.54) is 15.6 Å². The van der Waals surface area contributed by atoms with Crippen LogP contribution in [0, 0.1) is 0 Å². The monoisotopic (exact) mass is 339 g/mol. The zero-order chi connectivity index (χ0) is 18.0. The van der Waals surface area contributed by atoms with Crippen LogP contribution in [0.5, 0.6) is 0 Å². The number of carbonyl (C=O) groups is 1. The predicted molar refractivity (Wildman–Crippen MR) is 90.8 cm³/mol. The number of aryl methyl sites for hydroxylation is 1. The van der Waals surface area contributed by atoms with Crippen LogP contribution in [0.4, 0.5) is 4.79 Å². The number of hydrogen-bond donors (Lipinski definition) is 2. The molecule has 1 amide bonds. The van der Waals surface area contributed by atoms with Crippen LogP contribution in [-0.2, 0) is 17.8 Å². The summed E-state index contributed by atoms with van der Waals surface area (Å²) in [7, 11) is 1.63. The summed E-state index contributed by atoms with van der Waals surface area (Å²) in [5.74, 6) is 0. The molecule has 1 aliphatic rings. The third-order valence-corrected chi connectivity index (χ3v) is 4.29. The quantitative estimate of drug-likeness (QED) is 0.861. The smallest absolute Gasteiger partial charge is 0.410 e. The van der Waals surface area contributed by atoms with Gasteiger partial charge in [0.05, 0.1) is 17.8 Å². The molecule has 1 saturated carbocycles. The molecule has 0 radical (unpaired) electrons. The molecule has 24 heavy (non-hydrogen) atoms. The number of rotatable bonds is 5. The first-order valence-corrected chi connectivity index (χ1v) is 8.53. The summed E-state index contributed by atoms with van der Waals surface area (Å²) in [6.07, 6.45) is 3.82. The van der Waals surface area contributed by atoms with Gasteiger partial charge in [0.25, 0.3) is 5.56 Å². The van der Waals surface area contributed by atoms with Gasteiger partial charge in [0.1, 0.15) is 5.60 Å². The molecule has 0 unspecified atom stereocenters. The molecule has 7 nitrogen and oxygen atoms in total. The minimum Gasteiger partial charge on any atom is -0.444 e. The summed E-state index contributed by atoms with van der Waals surface area (Å²) in [6.45, 7) is 6.15. The highest BCUT2D eigenvalue weighted by molar-refractivity contribution is 5.67. The van der Waals surface area contributed by atoms with Crippen LogP contribution in [-0.4, -0.2) is 44.1 Å². The fourth-order valence-electron chi connectivity index (χ4n) is 3.00. The van der Waals surface area contributed by atoms with Gasteiger partial charge in [-0.15, -0.1) is 0 Å². The highest BCUT2D eigenvalue weighted by Gasteiger charge is 2.30. The van der Waals surface area contributed by atoms with Crippen LogP contribution < -0.4 is 5.56 Å². The first kappa shape index (κ1) is 18.6. The normalized spacial score (nSPS) is 17.0. The van der Waals surface area contributed by atoms with E-state index in [0.29, 0.717) is 18.7 Å². The van der Waals surface area contributed by atoms with Crippen molar-refractivity contribution in [1.82, 2.24) is 14.7 Å². The van der Waals surface area contributed by atoms with E-state index < -0.39 is 17.3 Å². The topological polar surface area (TPSA) is 87.6 Å². The summed E-state index contributed by atoms with van der Waals surface area (Å²) in [5, 5.41) is 13.4. The number of carbonyl (C=O) groups excluding carboxylic acids is 1. The minimum absolute atomic E-state index is 0.149. The lowest BCUT2D eigenvalue weighted by atomic mass is 9.98. The van der Waals surface area contributed by atoms with Crippen molar-refractivity contribution in [3.8, 4) is 0 Å². The largest absolute Gasteiger partial charge is 0.444 e. The van der Waals surface area contributed by atoms with Gasteiger partial charge >= 0.3 is 6.09 Å². The van der Waals surface area contributed by atoms with Gasteiger partial charge in [-0.1, -0.05) is 12.8 Å². The molecule has 2 N–H and O–H groups in total. The maximum Gasteiger partial charge on any atom is 0.410 e. The molecule has 136 valence electrons. The van der Waals surface area contributed by atoms with Crippen molar-refractivity contribution < 1.29 is 14.6 Å². The molecule has 1 aromatic heterocycles. The van der Waals surface area contributed by atoms with Crippen LogP contribution in [0.15, 0.2) is 10.9 Å². The number of aromatic amines is 1. The van der Waals surface area contributed by atoms with E-state index in [9.17, 15) is 14.7 Å². The molecule has 1 aromatic rings. The second-order valence-electron chi connectivity index (χ2n) is 7.79. The standard InChI is InChI=1S/C17H29N3O4/c1-16(2,3)24-15(22)19(4)12-13-11-14(21)20(18-13)10-9-17(23)7-5-6-8-17/h11,18,23H,5-10,12H2,1-4H3. The molecular formula is C17H29N3O4. The van der Waals surface area contributed by atoms with Crippen molar-refractivity contribution in [3.05, 3.63) is 22.1 Å². The van der Waals surface area contributed by atoms with E-state index in [0.717, 1.165) is 25.7 Å². The SMILES string of the molecule is CN(Cc1cc(=O)n(CCC2(O)CCCC2)[nH]1)C(=O)OC(C)(C)C. The molecule has 0 aliphatic heterocycles. The molecule has 1 aliphatic carbocycles. The molecule has 0 saturated heterocycles. The lowest BCUT2D eigenvalue weighted by Gasteiger charge is -2.24. The summed E-state index contributed by atoms with van der Waals surface area (Å²) in [6, 6.07) is 1.49. The van der Waals surface area contributed by atoms with Gasteiger partial charge in [-0.2, -0.15) is 0 Å². The van der Waals surface area contributed by atoms with E-state index in [4.69, 9.17) is 4.74 Å². The van der Waals surface area contributed by atoms with E-state index in [-0.39, 0.29) is 12.1 Å². The highest BCUT2D eigenvalue weighted by atomic mass is 16.6. The van der Waals surface area contributed by atoms with Crippen molar-refractivity contribution in [2.75, 3.05) is 7.05 Å². The lowest BCUT2D eigenvalue weighted by molar-refractivity contribution is 0.0282. The van der Waals surface area contributed by atoms with Crippen LogP contribution in [0.25, 0.3) is 0 Å². The van der Waals surface area contributed by atoms with E-state index in [1.54, 1.807) is 7.05 Å². The number of nitrogens with zero attached hydrogens (tertiary/aromatic N) is 2. The van der Waals surface area contributed by atoms with Crippen molar-refractivity contribution in [2.24, 2.45) is 0 Å². The molecule has 0 atom stereocenters. The molecular weight excluding hydrogens is 310 g/mol. The second-order valence-corrected chi connectivity index (χ2v) is 7.79. The Morgan fingerprint density at radius 1 is 1.42 bits per heavy atom. The van der Waals surface area contributed by atoms with E-state index in [2.05, 4.69) is 5.10 Å².